The first-order chi connectivity index (χ1) is 8.78. The molecule has 4 heteroatoms. The Morgan fingerprint density at radius 1 is 1.65 bits per heavy atom. The van der Waals surface area contributed by atoms with E-state index in [1.807, 2.05) is 6.07 Å². The number of fused-ring (bicyclic) bond motifs is 1. The van der Waals surface area contributed by atoms with Gasteiger partial charge in [0, 0.05) is 13.7 Å². The van der Waals surface area contributed by atoms with Crippen LogP contribution in [0.15, 0.2) is 28.7 Å². The van der Waals surface area contributed by atoms with Gasteiger partial charge >= 0.3 is 0 Å². The topological polar surface area (TPSA) is 38.5 Å². The second kappa shape index (κ2) is 4.37. The maximum atomic E-state index is 7.58. The molecule has 0 bridgehead atoms. The molecule has 0 aliphatic carbocycles. The zero-order chi connectivity index (χ0) is 12.5. The van der Waals surface area contributed by atoms with E-state index in [-0.39, 0.29) is 0 Å². The highest BCUT2D eigenvalue weighted by Crippen LogP contribution is 2.28. The third kappa shape index (κ3) is 1.89. The van der Waals surface area contributed by atoms with Gasteiger partial charge in [-0.15, -0.1) is 0 Å². The first kappa shape index (κ1) is 9.48. The summed E-state index contributed by atoms with van der Waals surface area (Å²) in [5.74, 6) is 0. The average Bonchev–Trinajstić information content (AvgIpc) is 2.94. The zero-order valence-corrected chi connectivity index (χ0v) is 9.85. The van der Waals surface area contributed by atoms with Gasteiger partial charge in [0.05, 0.1) is 14.0 Å². The Hall–Kier alpha value is -1.55. The quantitative estimate of drug-likeness (QED) is 0.816. The molecule has 17 heavy (non-hydrogen) atoms. The number of hydrogen-bond acceptors (Lipinski definition) is 4. The number of hydrogen-bond donors (Lipinski definition) is 0. The molecule has 1 unspecified atom stereocenters. The van der Waals surface area contributed by atoms with Crippen LogP contribution in [0.2, 0.25) is 0 Å². The maximum Gasteiger partial charge on any atom is 0.298 e. The lowest BCUT2D eigenvalue weighted by atomic mass is 10.2. The summed E-state index contributed by atoms with van der Waals surface area (Å²) in [4.78, 5) is 6.65. The molecule has 4 nitrogen and oxygen atoms in total. The lowest BCUT2D eigenvalue weighted by Crippen LogP contribution is -2.32. The minimum absolute atomic E-state index is 0.346. The molecule has 3 rings (SSSR count). The van der Waals surface area contributed by atoms with Gasteiger partial charge < -0.3 is 14.1 Å². The van der Waals surface area contributed by atoms with E-state index in [4.69, 9.17) is 10.5 Å². The standard InChI is InChI=1S/C13H16N2O2/c1-16-9-10-5-4-8-15(10)13-14-11-6-2-3-7-12(11)17-13/h2-3,6-7,10H,4-5,8-9H2,1H3/i3D. The fourth-order valence-corrected chi connectivity index (χ4v) is 2.38. The predicted molar refractivity (Wildman–Crippen MR) is 66.3 cm³/mol. The number of benzene rings is 1. The van der Waals surface area contributed by atoms with E-state index >= 15 is 0 Å². The average molecular weight is 233 g/mol. The largest absolute Gasteiger partial charge is 0.423 e. The van der Waals surface area contributed by atoms with Crippen LogP contribution in [0.3, 0.4) is 0 Å². The Labute approximate surface area is 102 Å². The van der Waals surface area contributed by atoms with Gasteiger partial charge in [0.1, 0.15) is 5.52 Å². The van der Waals surface area contributed by atoms with E-state index < -0.39 is 0 Å². The number of para-hydroxylation sites is 2. The summed E-state index contributed by atoms with van der Waals surface area (Å²) >= 11 is 0. The van der Waals surface area contributed by atoms with E-state index in [1.54, 1.807) is 19.2 Å². The van der Waals surface area contributed by atoms with Gasteiger partial charge in [0.15, 0.2) is 5.58 Å². The van der Waals surface area contributed by atoms with Gasteiger partial charge in [0.25, 0.3) is 6.01 Å². The van der Waals surface area contributed by atoms with Crippen molar-refractivity contribution in [3.63, 3.8) is 0 Å². The first-order valence-electron chi connectivity index (χ1n) is 6.40. The molecule has 0 saturated carbocycles. The van der Waals surface area contributed by atoms with Gasteiger partial charge in [-0.3, -0.25) is 0 Å². The van der Waals surface area contributed by atoms with Gasteiger partial charge in [0.2, 0.25) is 0 Å². The number of methoxy groups -OCH3 is 1. The number of anilines is 1. The Morgan fingerprint density at radius 3 is 3.47 bits per heavy atom. The Kier molecular flexibility index (Phi) is 2.44. The van der Waals surface area contributed by atoms with Crippen LogP contribution in [0.25, 0.3) is 11.1 Å². The summed E-state index contributed by atoms with van der Waals surface area (Å²) < 4.78 is 18.6. The smallest absolute Gasteiger partial charge is 0.298 e. The van der Waals surface area contributed by atoms with Gasteiger partial charge in [-0.2, -0.15) is 4.98 Å². The van der Waals surface area contributed by atoms with Crippen LogP contribution in [0, 0.1) is 0 Å². The van der Waals surface area contributed by atoms with Gasteiger partial charge in [-0.05, 0) is 25.0 Å². The molecule has 2 aromatic rings. The lowest BCUT2D eigenvalue weighted by molar-refractivity contribution is 0.179. The molecule has 1 fully saturated rings. The van der Waals surface area contributed by atoms with Crippen molar-refractivity contribution in [2.75, 3.05) is 25.2 Å². The fourth-order valence-electron chi connectivity index (χ4n) is 2.38. The highest BCUT2D eigenvalue weighted by atomic mass is 16.5. The SMILES string of the molecule is [2H]c1ccc2nc(N3CCCC3COC)oc2c1. The Morgan fingerprint density at radius 2 is 2.59 bits per heavy atom. The second-order valence-electron chi connectivity index (χ2n) is 4.34. The van der Waals surface area contributed by atoms with Gasteiger partial charge in [-0.1, -0.05) is 12.1 Å². The molecule has 1 aliphatic rings. The molecule has 0 radical (unpaired) electrons. The second-order valence-corrected chi connectivity index (χ2v) is 4.34. The molecule has 1 saturated heterocycles. The van der Waals surface area contributed by atoms with Gasteiger partial charge in [-0.25, -0.2) is 0 Å². The van der Waals surface area contributed by atoms with E-state index in [0.29, 0.717) is 30.3 Å². The molecule has 1 aromatic carbocycles. The minimum Gasteiger partial charge on any atom is -0.423 e. The van der Waals surface area contributed by atoms with Crippen molar-refractivity contribution in [2.24, 2.45) is 0 Å². The van der Waals surface area contributed by atoms with Crippen LogP contribution in [-0.2, 0) is 4.74 Å². The fraction of sp³-hybridized carbons (Fsp3) is 0.462. The van der Waals surface area contributed by atoms with Crippen molar-refractivity contribution in [1.29, 1.82) is 0 Å². The van der Waals surface area contributed by atoms with Crippen molar-refractivity contribution in [3.8, 4) is 0 Å². The zero-order valence-electron chi connectivity index (χ0n) is 10.8. The number of oxazole rings is 1. The molecule has 1 aliphatic heterocycles. The number of aromatic nitrogens is 1. The van der Waals surface area contributed by atoms with Crippen LogP contribution in [0.4, 0.5) is 6.01 Å². The molecule has 90 valence electrons. The van der Waals surface area contributed by atoms with Crippen molar-refractivity contribution in [2.45, 2.75) is 18.9 Å². The molecule has 2 heterocycles. The summed E-state index contributed by atoms with van der Waals surface area (Å²) in [6, 6.07) is 6.69. The maximum absolute atomic E-state index is 7.58. The highest BCUT2D eigenvalue weighted by Gasteiger charge is 2.28. The van der Waals surface area contributed by atoms with Crippen LogP contribution >= 0.6 is 0 Å². The van der Waals surface area contributed by atoms with Crippen molar-refractivity contribution in [1.82, 2.24) is 4.98 Å². The summed E-state index contributed by atoms with van der Waals surface area (Å²) in [6.07, 6.45) is 2.24. The van der Waals surface area contributed by atoms with Crippen molar-refractivity contribution < 1.29 is 10.5 Å². The van der Waals surface area contributed by atoms with Crippen LogP contribution in [-0.4, -0.2) is 31.3 Å². The highest BCUT2D eigenvalue weighted by molar-refractivity contribution is 5.74. The van der Waals surface area contributed by atoms with Crippen LogP contribution in [0.5, 0.6) is 0 Å². The van der Waals surface area contributed by atoms with Crippen LogP contribution < -0.4 is 4.90 Å². The third-order valence-corrected chi connectivity index (χ3v) is 3.20. The number of nitrogens with zero attached hydrogens (tertiary/aromatic N) is 2. The van der Waals surface area contributed by atoms with E-state index in [1.165, 1.54) is 0 Å². The monoisotopic (exact) mass is 233 g/mol. The first-order valence-corrected chi connectivity index (χ1v) is 5.90. The minimum atomic E-state index is 0.346. The molecule has 0 spiro atoms. The van der Waals surface area contributed by atoms with Crippen molar-refractivity contribution >= 4 is 17.1 Å². The third-order valence-electron chi connectivity index (χ3n) is 3.20. The number of rotatable bonds is 3. The molecule has 0 amide bonds. The molecule has 0 N–H and O–H groups in total. The summed E-state index contributed by atoms with van der Waals surface area (Å²) in [7, 11) is 1.72. The van der Waals surface area contributed by atoms with E-state index in [9.17, 15) is 0 Å². The molecular formula is C13H16N2O2. The number of ether oxygens (including phenoxy) is 1. The molecule has 1 atom stereocenters. The van der Waals surface area contributed by atoms with Crippen molar-refractivity contribution in [3.05, 3.63) is 24.2 Å². The normalized spacial score (nSPS) is 21.1. The molecule has 1 aromatic heterocycles. The van der Waals surface area contributed by atoms with Crippen LogP contribution in [0.1, 0.15) is 14.2 Å². The summed E-state index contributed by atoms with van der Waals surface area (Å²) in [5.41, 5.74) is 1.49. The Balaban J connectivity index is 1.93. The summed E-state index contributed by atoms with van der Waals surface area (Å²) in [5, 5.41) is 0. The predicted octanol–water partition coefficient (Wildman–Crippen LogP) is 2.44. The Bertz CT molecular complexity index is 555. The van der Waals surface area contributed by atoms with E-state index in [0.717, 1.165) is 24.9 Å². The molecular weight excluding hydrogens is 216 g/mol. The summed E-state index contributed by atoms with van der Waals surface area (Å²) in [6.45, 7) is 1.65. The van der Waals surface area contributed by atoms with E-state index in [2.05, 4.69) is 9.88 Å². The lowest BCUT2D eigenvalue weighted by Gasteiger charge is -2.21.